The first kappa shape index (κ1) is 32.2. The molecular weight excluding hydrogens is 591 g/mol. The molecule has 2 N–H and O–H groups in total. The number of halogens is 2. The Bertz CT molecular complexity index is 1260. The van der Waals surface area contributed by atoms with Crippen LogP contribution in [-0.2, 0) is 23.9 Å². The molecule has 3 saturated heterocycles. The summed E-state index contributed by atoms with van der Waals surface area (Å²) in [5.41, 5.74) is 0.314. The molecule has 1 aromatic rings. The number of rotatable bonds is 8. The Kier molecular flexibility index (Phi) is 9.78. The number of carbonyl (C=O) groups is 3. The van der Waals surface area contributed by atoms with Gasteiger partial charge < -0.3 is 25.0 Å². The van der Waals surface area contributed by atoms with Crippen LogP contribution in [0.3, 0.4) is 0 Å². The predicted molar refractivity (Wildman–Crippen MR) is 167 cm³/mol. The summed E-state index contributed by atoms with van der Waals surface area (Å²) >= 11 is 6.31. The van der Waals surface area contributed by atoms with Gasteiger partial charge in [-0.2, -0.15) is 0 Å². The Labute approximate surface area is 265 Å². The van der Waals surface area contributed by atoms with E-state index in [1.54, 1.807) is 17.0 Å². The number of anilines is 1. The third-order valence-corrected chi connectivity index (χ3v) is 10.8. The minimum absolute atomic E-state index is 0. The van der Waals surface area contributed by atoms with Crippen molar-refractivity contribution in [3.63, 3.8) is 0 Å². The van der Waals surface area contributed by atoms with Crippen molar-refractivity contribution in [2.75, 3.05) is 44.7 Å². The molecule has 236 valence electrons. The van der Waals surface area contributed by atoms with E-state index in [1.165, 1.54) is 0 Å². The Hall–Kier alpha value is -2.17. The Morgan fingerprint density at radius 2 is 1.88 bits per heavy atom. The van der Waals surface area contributed by atoms with Gasteiger partial charge in [0.25, 0.3) is 0 Å². The highest BCUT2D eigenvalue weighted by molar-refractivity contribution is 6.31. The van der Waals surface area contributed by atoms with Crippen molar-refractivity contribution in [3.8, 4) is 0 Å². The van der Waals surface area contributed by atoms with Crippen LogP contribution in [0.2, 0.25) is 5.02 Å². The number of benzene rings is 1. The highest BCUT2D eigenvalue weighted by atomic mass is 35.5. The zero-order chi connectivity index (χ0) is 29.6. The first-order valence-electron chi connectivity index (χ1n) is 15.5. The third kappa shape index (κ3) is 5.96. The minimum Gasteiger partial charge on any atom is -0.379 e. The fourth-order valence-electron chi connectivity index (χ4n) is 7.74. The third-order valence-electron chi connectivity index (χ3n) is 10.4. The van der Waals surface area contributed by atoms with Crippen LogP contribution in [0, 0.1) is 30.6 Å². The van der Waals surface area contributed by atoms with E-state index in [9.17, 15) is 14.4 Å². The van der Waals surface area contributed by atoms with Crippen molar-refractivity contribution >= 4 is 47.4 Å². The van der Waals surface area contributed by atoms with Crippen LogP contribution >= 0.6 is 24.0 Å². The molecule has 4 fully saturated rings. The van der Waals surface area contributed by atoms with Gasteiger partial charge in [0.2, 0.25) is 17.7 Å². The smallest absolute Gasteiger partial charge is 0.246 e. The largest absolute Gasteiger partial charge is 0.379 e. The van der Waals surface area contributed by atoms with Crippen molar-refractivity contribution in [3.05, 3.63) is 40.9 Å². The van der Waals surface area contributed by atoms with E-state index < -0.39 is 29.6 Å². The minimum atomic E-state index is -1.17. The molecule has 4 heterocycles. The maximum atomic E-state index is 14.2. The van der Waals surface area contributed by atoms with Gasteiger partial charge in [-0.15, -0.1) is 12.4 Å². The van der Waals surface area contributed by atoms with E-state index in [0.29, 0.717) is 42.3 Å². The van der Waals surface area contributed by atoms with Crippen LogP contribution in [-0.4, -0.2) is 90.7 Å². The molecule has 1 aliphatic carbocycles. The topological polar surface area (TPSA) is 100 Å². The standard InChI is InChI=1S/C32H43ClN4O5.ClH/c1-19-6-4-7-24(21(19)3)35-30(39)28-32-11-10-25(42-32)26(29(38)34-22-9-8-20(2)23(33)18-22)27(32)31(40)37(28)13-5-12-36-14-16-41-17-15-36;/h8-11,18-19,21,24-28H,4-7,12-17H2,1-3H3,(H,34,38)(H,35,39);1H. The van der Waals surface area contributed by atoms with Gasteiger partial charge in [0, 0.05) is 42.9 Å². The molecule has 11 heteroatoms. The molecule has 8 atom stereocenters. The second kappa shape index (κ2) is 13.1. The van der Waals surface area contributed by atoms with Crippen LogP contribution in [0.15, 0.2) is 30.4 Å². The highest BCUT2D eigenvalue weighted by Gasteiger charge is 2.72. The number of ether oxygens (including phenoxy) is 2. The van der Waals surface area contributed by atoms with Gasteiger partial charge in [-0.3, -0.25) is 19.3 Å². The van der Waals surface area contributed by atoms with Gasteiger partial charge in [0.1, 0.15) is 11.6 Å². The summed E-state index contributed by atoms with van der Waals surface area (Å²) in [7, 11) is 0. The fourth-order valence-corrected chi connectivity index (χ4v) is 7.92. The first-order valence-corrected chi connectivity index (χ1v) is 15.9. The number of fused-ring (bicyclic) bond motifs is 1. The molecule has 6 rings (SSSR count). The van der Waals surface area contributed by atoms with E-state index in [2.05, 4.69) is 29.4 Å². The van der Waals surface area contributed by atoms with E-state index in [0.717, 1.165) is 50.9 Å². The number of aryl methyl sites for hydroxylation is 1. The molecule has 0 aromatic heterocycles. The molecule has 1 aromatic carbocycles. The van der Waals surface area contributed by atoms with Crippen molar-refractivity contribution < 1.29 is 23.9 Å². The zero-order valence-electron chi connectivity index (χ0n) is 25.2. The molecule has 0 radical (unpaired) electrons. The van der Waals surface area contributed by atoms with E-state index in [4.69, 9.17) is 21.1 Å². The fraction of sp³-hybridized carbons (Fsp3) is 0.656. The van der Waals surface area contributed by atoms with Crippen LogP contribution in [0.1, 0.15) is 45.1 Å². The van der Waals surface area contributed by atoms with Gasteiger partial charge in [-0.25, -0.2) is 0 Å². The van der Waals surface area contributed by atoms with Gasteiger partial charge in [-0.05, 0) is 49.3 Å². The van der Waals surface area contributed by atoms with Gasteiger partial charge >= 0.3 is 0 Å². The van der Waals surface area contributed by atoms with Crippen molar-refractivity contribution in [2.45, 2.75) is 70.2 Å². The van der Waals surface area contributed by atoms with E-state index >= 15 is 0 Å². The Morgan fingerprint density at radius 1 is 1.12 bits per heavy atom. The summed E-state index contributed by atoms with van der Waals surface area (Å²) in [6.45, 7) is 10.7. The molecule has 3 amide bonds. The number of nitrogens with one attached hydrogen (secondary N) is 2. The molecule has 5 aliphatic rings. The maximum Gasteiger partial charge on any atom is 0.246 e. The van der Waals surface area contributed by atoms with Gasteiger partial charge in [0.05, 0.1) is 31.2 Å². The van der Waals surface area contributed by atoms with Gasteiger partial charge in [0.15, 0.2) is 0 Å². The quantitative estimate of drug-likeness (QED) is 0.422. The number of hydrogen-bond donors (Lipinski definition) is 2. The Morgan fingerprint density at radius 3 is 2.63 bits per heavy atom. The summed E-state index contributed by atoms with van der Waals surface area (Å²) in [5.74, 6) is -1.30. The zero-order valence-corrected chi connectivity index (χ0v) is 26.8. The average molecular weight is 636 g/mol. The number of carbonyl (C=O) groups excluding carboxylic acids is 3. The molecule has 4 aliphatic heterocycles. The lowest BCUT2D eigenvalue weighted by atomic mass is 9.73. The van der Waals surface area contributed by atoms with Crippen molar-refractivity contribution in [1.29, 1.82) is 0 Å². The molecule has 9 nitrogen and oxygen atoms in total. The number of likely N-dealkylation sites (tertiary alicyclic amines) is 1. The first-order chi connectivity index (χ1) is 20.2. The van der Waals surface area contributed by atoms with Crippen molar-refractivity contribution in [1.82, 2.24) is 15.1 Å². The predicted octanol–water partition coefficient (Wildman–Crippen LogP) is 3.82. The summed E-state index contributed by atoms with van der Waals surface area (Å²) in [4.78, 5) is 46.2. The van der Waals surface area contributed by atoms with Gasteiger partial charge in [-0.1, -0.05) is 56.5 Å². The molecule has 1 spiro atoms. The highest BCUT2D eigenvalue weighted by Crippen LogP contribution is 2.55. The summed E-state index contributed by atoms with van der Waals surface area (Å²) < 4.78 is 12.0. The summed E-state index contributed by atoms with van der Waals surface area (Å²) in [6.07, 6.45) is 7.05. The molecule has 8 unspecified atom stereocenters. The molecule has 43 heavy (non-hydrogen) atoms. The van der Waals surface area contributed by atoms with Crippen molar-refractivity contribution in [2.24, 2.45) is 23.7 Å². The maximum absolute atomic E-state index is 14.2. The van der Waals surface area contributed by atoms with Crippen LogP contribution < -0.4 is 10.6 Å². The molecular formula is C32H44Cl2N4O5. The van der Waals surface area contributed by atoms with Crippen LogP contribution in [0.25, 0.3) is 0 Å². The second-order valence-corrected chi connectivity index (χ2v) is 13.3. The van der Waals surface area contributed by atoms with E-state index in [-0.39, 0.29) is 36.2 Å². The normalized spacial score (nSPS) is 35.0. The lowest BCUT2D eigenvalue weighted by Crippen LogP contribution is -2.58. The Balaban J connectivity index is 0.00000368. The lowest BCUT2D eigenvalue weighted by molar-refractivity contribution is -0.141. The monoisotopic (exact) mass is 634 g/mol. The number of morpholine rings is 1. The SMILES string of the molecule is Cc1ccc(NC(=O)C2C3C=CC4(O3)C2C(=O)N(CCCN2CCOCC2)C4C(=O)NC2CCCC(C)C2C)cc1Cl.Cl. The number of hydrogen-bond acceptors (Lipinski definition) is 6. The van der Waals surface area contributed by atoms with E-state index in [1.807, 2.05) is 25.1 Å². The second-order valence-electron chi connectivity index (χ2n) is 12.9. The van der Waals surface area contributed by atoms with Crippen LogP contribution in [0.4, 0.5) is 5.69 Å². The lowest BCUT2D eigenvalue weighted by Gasteiger charge is -2.38. The average Bonchev–Trinajstić information content (AvgIpc) is 3.61. The summed E-state index contributed by atoms with van der Waals surface area (Å²) in [5, 5.41) is 6.84. The molecule has 2 bridgehead atoms. The number of amides is 3. The summed E-state index contributed by atoms with van der Waals surface area (Å²) in [6, 6.07) is 4.59. The molecule has 1 saturated carbocycles. The number of nitrogens with zero attached hydrogens (tertiary/aromatic N) is 2. The van der Waals surface area contributed by atoms with Crippen LogP contribution in [0.5, 0.6) is 0 Å².